The van der Waals surface area contributed by atoms with Crippen LogP contribution in [0.5, 0.6) is 0 Å². The first-order valence-corrected chi connectivity index (χ1v) is 12.3. The number of aromatic nitrogens is 3. The van der Waals surface area contributed by atoms with Gasteiger partial charge in [0.2, 0.25) is 0 Å². The molecule has 4 rings (SSSR count). The van der Waals surface area contributed by atoms with Crippen molar-refractivity contribution < 1.29 is 22.3 Å². The fourth-order valence-corrected chi connectivity index (χ4v) is 6.08. The van der Waals surface area contributed by atoms with Gasteiger partial charge in [0, 0.05) is 37.6 Å². The number of fused-ring (bicyclic) bond motifs is 1. The summed E-state index contributed by atoms with van der Waals surface area (Å²) in [6.07, 6.45) is 1.51. The number of alkyl halides is 2. The Bertz CT molecular complexity index is 1110. The van der Waals surface area contributed by atoms with Gasteiger partial charge in [0.05, 0.1) is 6.54 Å². The highest BCUT2D eigenvalue weighted by atomic mass is 35.5. The molecule has 178 valence electrons. The third-order valence-electron chi connectivity index (χ3n) is 6.43. The maximum Gasteiger partial charge on any atom is 0.277 e. The summed E-state index contributed by atoms with van der Waals surface area (Å²) in [6, 6.07) is 1.29. The van der Waals surface area contributed by atoms with Gasteiger partial charge in [-0.05, 0) is 30.4 Å². The molecule has 1 saturated heterocycles. The maximum atomic E-state index is 14.0. The number of rotatable bonds is 8. The molecular weight excluding hydrogens is 466 g/mol. The van der Waals surface area contributed by atoms with E-state index in [1.165, 1.54) is 6.33 Å². The Kier molecular flexibility index (Phi) is 5.90. The van der Waals surface area contributed by atoms with Gasteiger partial charge in [0.15, 0.2) is 5.82 Å². The minimum absolute atomic E-state index is 0.170. The van der Waals surface area contributed by atoms with Crippen LogP contribution in [0.3, 0.4) is 0 Å². The van der Waals surface area contributed by atoms with Crippen LogP contribution in [-0.4, -0.2) is 70.6 Å². The lowest BCUT2D eigenvalue weighted by molar-refractivity contribution is -0.0638. The van der Waals surface area contributed by atoms with E-state index >= 15 is 0 Å². The van der Waals surface area contributed by atoms with Crippen molar-refractivity contribution in [1.29, 1.82) is 0 Å². The number of halogens is 3. The van der Waals surface area contributed by atoms with E-state index in [-0.39, 0.29) is 11.3 Å². The fourth-order valence-electron chi connectivity index (χ4n) is 4.90. The van der Waals surface area contributed by atoms with Crippen molar-refractivity contribution in [2.24, 2.45) is 10.6 Å². The Labute approximate surface area is 190 Å². The second-order valence-corrected chi connectivity index (χ2v) is 11.1. The number of aliphatic hydroxyl groups excluding tert-OH is 1. The molecule has 9 nitrogen and oxygen atoms in total. The number of aliphatic hydroxyl groups is 1. The molecule has 0 amide bonds. The number of hydrogen-bond acceptors (Lipinski definition) is 6. The normalized spacial score (nSPS) is 19.2. The second kappa shape index (κ2) is 8.01. The van der Waals surface area contributed by atoms with Crippen LogP contribution in [0.4, 0.5) is 14.6 Å². The zero-order valence-electron chi connectivity index (χ0n) is 17.9. The van der Waals surface area contributed by atoms with Gasteiger partial charge in [-0.25, -0.2) is 23.4 Å². The summed E-state index contributed by atoms with van der Waals surface area (Å²) in [6.45, 7) is 3.62. The largest absolute Gasteiger partial charge is 0.396 e. The quantitative estimate of drug-likeness (QED) is 0.582. The summed E-state index contributed by atoms with van der Waals surface area (Å²) in [5.41, 5.74) is 1.70. The van der Waals surface area contributed by atoms with Crippen LogP contribution in [0.25, 0.3) is 5.52 Å². The molecule has 2 aromatic rings. The lowest BCUT2D eigenvalue weighted by Gasteiger charge is -2.60. The van der Waals surface area contributed by atoms with Crippen molar-refractivity contribution in [3.63, 3.8) is 0 Å². The van der Waals surface area contributed by atoms with Crippen LogP contribution in [0, 0.1) is 5.41 Å². The highest BCUT2D eigenvalue weighted by Gasteiger charge is 2.56. The smallest absolute Gasteiger partial charge is 0.277 e. The van der Waals surface area contributed by atoms with E-state index in [0.29, 0.717) is 35.4 Å². The standard InChI is InChI=1S/C19H27ClF2N6O3S/c1-12(2)14-5-15(20)28-16(14)17(24-11-25-28)26-8-18(9-26)6-13(7-18)27(32(23,30)31)10-19(21,22)3-4-29/h5,11-13,29H,3-4,6-10H2,1-2H3,(H2,23,30,31). The summed E-state index contributed by atoms with van der Waals surface area (Å²) in [5.74, 6) is -2.37. The number of hydrogen-bond donors (Lipinski definition) is 2. The topological polar surface area (TPSA) is 117 Å². The van der Waals surface area contributed by atoms with Crippen molar-refractivity contribution in [3.8, 4) is 0 Å². The van der Waals surface area contributed by atoms with Crippen LogP contribution in [0.1, 0.15) is 44.6 Å². The van der Waals surface area contributed by atoms with E-state index < -0.39 is 41.7 Å². The molecule has 2 fully saturated rings. The molecule has 2 aromatic heterocycles. The molecule has 0 bridgehead atoms. The lowest BCUT2D eigenvalue weighted by Crippen LogP contribution is -2.68. The molecule has 3 heterocycles. The van der Waals surface area contributed by atoms with E-state index in [4.69, 9.17) is 21.8 Å². The van der Waals surface area contributed by atoms with Crippen LogP contribution in [0.2, 0.25) is 5.15 Å². The molecule has 1 spiro atoms. The summed E-state index contributed by atoms with van der Waals surface area (Å²) in [4.78, 5) is 6.54. The maximum absolute atomic E-state index is 14.0. The Morgan fingerprint density at radius 1 is 1.41 bits per heavy atom. The SMILES string of the molecule is CC(C)c1cc(Cl)n2ncnc(N3CC4(CC(N(CC(F)(F)CCO)S(N)(=O)=O)C4)C3)c12. The third kappa shape index (κ3) is 4.18. The average Bonchev–Trinajstić information content (AvgIpc) is 2.95. The van der Waals surface area contributed by atoms with E-state index in [9.17, 15) is 17.2 Å². The van der Waals surface area contributed by atoms with Crippen molar-refractivity contribution in [1.82, 2.24) is 18.9 Å². The first kappa shape index (κ1) is 23.6. The van der Waals surface area contributed by atoms with Crippen LogP contribution < -0.4 is 10.0 Å². The van der Waals surface area contributed by atoms with E-state index in [2.05, 4.69) is 28.8 Å². The Morgan fingerprint density at radius 3 is 2.62 bits per heavy atom. The number of nitrogens with two attached hydrogens (primary N) is 1. The molecule has 0 radical (unpaired) electrons. The Balaban J connectivity index is 1.48. The van der Waals surface area contributed by atoms with Gasteiger partial charge in [0.25, 0.3) is 16.1 Å². The minimum atomic E-state index is -4.30. The summed E-state index contributed by atoms with van der Waals surface area (Å²) in [7, 11) is -4.30. The lowest BCUT2D eigenvalue weighted by atomic mass is 9.60. The predicted molar refractivity (Wildman–Crippen MR) is 116 cm³/mol. The van der Waals surface area contributed by atoms with Crippen LogP contribution in [-0.2, 0) is 10.2 Å². The zero-order valence-corrected chi connectivity index (χ0v) is 19.5. The molecule has 13 heteroatoms. The van der Waals surface area contributed by atoms with Crippen molar-refractivity contribution in [2.45, 2.75) is 51.0 Å². The zero-order chi connectivity index (χ0) is 23.5. The van der Waals surface area contributed by atoms with Crippen molar-refractivity contribution in [3.05, 3.63) is 23.1 Å². The van der Waals surface area contributed by atoms with Gasteiger partial charge in [-0.15, -0.1) is 0 Å². The molecule has 0 unspecified atom stereocenters. The van der Waals surface area contributed by atoms with Crippen LogP contribution >= 0.6 is 11.6 Å². The molecule has 1 aliphatic heterocycles. The molecule has 0 aromatic carbocycles. The van der Waals surface area contributed by atoms with Crippen molar-refractivity contribution in [2.75, 3.05) is 31.1 Å². The summed E-state index contributed by atoms with van der Waals surface area (Å²) < 4.78 is 54.3. The number of anilines is 1. The van der Waals surface area contributed by atoms with Gasteiger partial charge in [-0.3, -0.25) is 0 Å². The fraction of sp³-hybridized carbons (Fsp3) is 0.684. The van der Waals surface area contributed by atoms with Crippen LogP contribution in [0.15, 0.2) is 12.4 Å². The van der Waals surface area contributed by atoms with Gasteiger partial charge < -0.3 is 10.0 Å². The Hall–Kier alpha value is -1.60. The summed E-state index contributed by atoms with van der Waals surface area (Å²) >= 11 is 6.33. The molecule has 3 N–H and O–H groups in total. The molecule has 0 atom stereocenters. The molecular formula is C19H27ClF2N6O3S. The van der Waals surface area contributed by atoms with Crippen molar-refractivity contribution >= 4 is 33.1 Å². The predicted octanol–water partition coefficient (Wildman–Crippen LogP) is 2.00. The summed E-state index contributed by atoms with van der Waals surface area (Å²) in [5, 5.41) is 18.8. The Morgan fingerprint density at radius 2 is 2.06 bits per heavy atom. The highest BCUT2D eigenvalue weighted by molar-refractivity contribution is 7.86. The first-order valence-electron chi connectivity index (χ1n) is 10.4. The average molecular weight is 493 g/mol. The molecule has 32 heavy (non-hydrogen) atoms. The van der Waals surface area contributed by atoms with Gasteiger partial charge in [-0.2, -0.15) is 17.8 Å². The third-order valence-corrected chi connectivity index (χ3v) is 7.78. The van der Waals surface area contributed by atoms with E-state index in [1.807, 2.05) is 6.07 Å². The minimum Gasteiger partial charge on any atom is -0.396 e. The van der Waals surface area contributed by atoms with Gasteiger partial charge >= 0.3 is 0 Å². The molecule has 1 aliphatic carbocycles. The molecule has 1 saturated carbocycles. The van der Waals surface area contributed by atoms with Gasteiger partial charge in [0.1, 0.15) is 17.0 Å². The van der Waals surface area contributed by atoms with E-state index in [1.54, 1.807) is 4.52 Å². The highest BCUT2D eigenvalue weighted by Crippen LogP contribution is 2.52. The first-order chi connectivity index (χ1) is 14.9. The van der Waals surface area contributed by atoms with Gasteiger partial charge in [-0.1, -0.05) is 25.4 Å². The molecule has 2 aliphatic rings. The van der Waals surface area contributed by atoms with E-state index in [0.717, 1.165) is 16.9 Å². The number of nitrogens with zero attached hydrogens (tertiary/aromatic N) is 5. The second-order valence-electron chi connectivity index (χ2n) is 9.26. The monoisotopic (exact) mass is 492 g/mol.